The van der Waals surface area contributed by atoms with Crippen LogP contribution in [0, 0.1) is 11.7 Å². The first-order chi connectivity index (χ1) is 13.0. The van der Waals surface area contributed by atoms with Crippen molar-refractivity contribution in [2.24, 2.45) is 13.0 Å². The second kappa shape index (κ2) is 7.48. The molecular weight excluding hydrogens is 347 g/mol. The molecule has 8 heteroatoms. The molecule has 3 heterocycles. The molecule has 1 saturated heterocycles. The number of nitrogens with zero attached hydrogens (tertiary/aromatic N) is 4. The summed E-state index contributed by atoms with van der Waals surface area (Å²) in [5, 5.41) is 6.93. The van der Waals surface area contributed by atoms with Gasteiger partial charge in [0.15, 0.2) is 0 Å². The van der Waals surface area contributed by atoms with Crippen molar-refractivity contribution in [3.8, 4) is 0 Å². The Balaban J connectivity index is 1.33. The predicted molar refractivity (Wildman–Crippen MR) is 101 cm³/mol. The summed E-state index contributed by atoms with van der Waals surface area (Å²) in [6.45, 7) is 2.14. The molecule has 1 atom stereocenters. The van der Waals surface area contributed by atoms with E-state index in [0.29, 0.717) is 18.2 Å². The largest absolute Gasteiger partial charge is 0.342 e. The highest BCUT2D eigenvalue weighted by Gasteiger charge is 2.23. The third kappa shape index (κ3) is 4.33. The van der Waals surface area contributed by atoms with E-state index in [1.165, 1.54) is 12.1 Å². The maximum Gasteiger partial charge on any atom is 0.238 e. The van der Waals surface area contributed by atoms with Gasteiger partial charge in [0.25, 0.3) is 0 Å². The number of carbonyl (C=O) groups is 1. The van der Waals surface area contributed by atoms with E-state index in [9.17, 15) is 9.18 Å². The highest BCUT2D eigenvalue weighted by atomic mass is 19.1. The Bertz CT molecular complexity index is 949. The van der Waals surface area contributed by atoms with Gasteiger partial charge >= 0.3 is 0 Å². The number of imidazole rings is 1. The number of likely N-dealkylation sites (tertiary alicyclic amines) is 1. The minimum Gasteiger partial charge on any atom is -0.342 e. The van der Waals surface area contributed by atoms with Gasteiger partial charge in [0.1, 0.15) is 11.6 Å². The van der Waals surface area contributed by atoms with Gasteiger partial charge in [-0.1, -0.05) is 0 Å². The van der Waals surface area contributed by atoms with Crippen LogP contribution in [0.3, 0.4) is 0 Å². The lowest BCUT2D eigenvalue weighted by molar-refractivity contribution is -0.117. The summed E-state index contributed by atoms with van der Waals surface area (Å²) in [7, 11) is 1.82. The molecule has 0 bridgehead atoms. The Morgan fingerprint density at radius 1 is 1.44 bits per heavy atom. The summed E-state index contributed by atoms with van der Waals surface area (Å²) in [5.41, 5.74) is 2.23. The Morgan fingerprint density at radius 3 is 3.15 bits per heavy atom. The van der Waals surface area contributed by atoms with Crippen molar-refractivity contribution in [3.63, 3.8) is 0 Å². The van der Waals surface area contributed by atoms with Gasteiger partial charge in [-0.3, -0.25) is 14.4 Å². The number of benzene rings is 1. The molecule has 0 spiro atoms. The summed E-state index contributed by atoms with van der Waals surface area (Å²) in [4.78, 5) is 22.2. The molecule has 7 nitrogen and oxygen atoms in total. The topological polar surface area (TPSA) is 78.8 Å². The lowest BCUT2D eigenvalue weighted by Gasteiger charge is -2.31. The van der Waals surface area contributed by atoms with Gasteiger partial charge in [0, 0.05) is 26.2 Å². The number of halogens is 1. The summed E-state index contributed by atoms with van der Waals surface area (Å²) in [6, 6.07) is 4.60. The van der Waals surface area contributed by atoms with E-state index in [0.717, 1.165) is 49.2 Å². The summed E-state index contributed by atoms with van der Waals surface area (Å²) >= 11 is 0. The van der Waals surface area contributed by atoms with Gasteiger partial charge in [-0.25, -0.2) is 9.37 Å². The fourth-order valence-corrected chi connectivity index (χ4v) is 3.76. The summed E-state index contributed by atoms with van der Waals surface area (Å²) < 4.78 is 15.0. The van der Waals surface area contributed by atoms with Crippen molar-refractivity contribution in [2.75, 3.05) is 25.0 Å². The third-order valence-electron chi connectivity index (χ3n) is 4.93. The fraction of sp³-hybridized carbons (Fsp3) is 0.421. The lowest BCUT2D eigenvalue weighted by Crippen LogP contribution is -2.41. The number of hydrogen-bond donors (Lipinski definition) is 2. The molecule has 2 N–H and O–H groups in total. The van der Waals surface area contributed by atoms with Gasteiger partial charge in [-0.15, -0.1) is 0 Å². The van der Waals surface area contributed by atoms with Gasteiger partial charge in [0.05, 0.1) is 29.5 Å². The number of H-pyrrole nitrogens is 1. The molecule has 142 valence electrons. The Kier molecular flexibility index (Phi) is 4.89. The molecule has 0 radical (unpaired) electrons. The number of hydrogen-bond acceptors (Lipinski definition) is 4. The third-order valence-corrected chi connectivity index (χ3v) is 4.93. The van der Waals surface area contributed by atoms with Crippen molar-refractivity contribution < 1.29 is 9.18 Å². The molecule has 1 fully saturated rings. The second-order valence-corrected chi connectivity index (χ2v) is 7.24. The monoisotopic (exact) mass is 370 g/mol. The second-order valence-electron chi connectivity index (χ2n) is 7.24. The minimum absolute atomic E-state index is 0.0251. The van der Waals surface area contributed by atoms with Crippen LogP contribution in [-0.2, 0) is 18.3 Å². The first-order valence-electron chi connectivity index (χ1n) is 9.20. The number of fused-ring (bicyclic) bond motifs is 1. The highest BCUT2D eigenvalue weighted by Crippen LogP contribution is 2.21. The van der Waals surface area contributed by atoms with Crippen LogP contribution in [0.2, 0.25) is 0 Å². The molecule has 1 unspecified atom stereocenters. The van der Waals surface area contributed by atoms with Gasteiger partial charge in [-0.2, -0.15) is 5.10 Å². The number of carbonyl (C=O) groups excluding carboxylic acids is 1. The normalized spacial score (nSPS) is 18.1. The zero-order valence-electron chi connectivity index (χ0n) is 15.3. The summed E-state index contributed by atoms with van der Waals surface area (Å²) in [5.74, 6) is 1.02. The van der Waals surface area contributed by atoms with Crippen LogP contribution in [0.4, 0.5) is 10.1 Å². The average molecular weight is 370 g/mol. The molecular formula is C19H23FN6O. The van der Waals surface area contributed by atoms with Crippen LogP contribution in [0.5, 0.6) is 0 Å². The van der Waals surface area contributed by atoms with Crippen LogP contribution >= 0.6 is 0 Å². The number of nitrogens with one attached hydrogen (secondary N) is 2. The predicted octanol–water partition coefficient (Wildman–Crippen LogP) is 2.33. The van der Waals surface area contributed by atoms with E-state index in [1.807, 2.05) is 7.05 Å². The van der Waals surface area contributed by atoms with E-state index >= 15 is 0 Å². The minimum atomic E-state index is -0.263. The van der Waals surface area contributed by atoms with Crippen molar-refractivity contribution in [1.29, 1.82) is 0 Å². The van der Waals surface area contributed by atoms with Crippen molar-refractivity contribution >= 4 is 22.6 Å². The SMILES string of the molecule is Cn1cc(NC(=O)CN2CCCC(Cc3nc4ccc(F)cc4[nH]3)C2)cn1. The maximum atomic E-state index is 13.3. The fourth-order valence-electron chi connectivity index (χ4n) is 3.76. The van der Waals surface area contributed by atoms with Crippen LogP contribution in [-0.4, -0.2) is 50.2 Å². The zero-order valence-corrected chi connectivity index (χ0v) is 15.3. The van der Waals surface area contributed by atoms with Crippen molar-refractivity contribution in [1.82, 2.24) is 24.6 Å². The van der Waals surface area contributed by atoms with Crippen LogP contribution < -0.4 is 5.32 Å². The smallest absolute Gasteiger partial charge is 0.238 e. The molecule has 1 aliphatic heterocycles. The number of aromatic nitrogens is 4. The standard InChI is InChI=1S/C19H23FN6O/c1-25-11-15(9-21-25)22-19(27)12-26-6-2-3-13(10-26)7-18-23-16-5-4-14(20)8-17(16)24-18/h4-5,8-9,11,13H,2-3,6-7,10,12H2,1H3,(H,22,27)(H,23,24). The highest BCUT2D eigenvalue weighted by molar-refractivity contribution is 5.91. The number of anilines is 1. The van der Waals surface area contributed by atoms with Crippen LogP contribution in [0.25, 0.3) is 11.0 Å². The average Bonchev–Trinajstić information content (AvgIpc) is 3.20. The van der Waals surface area contributed by atoms with Crippen molar-refractivity contribution in [3.05, 3.63) is 42.2 Å². The Morgan fingerprint density at radius 2 is 2.33 bits per heavy atom. The summed E-state index contributed by atoms with van der Waals surface area (Å²) in [6.07, 6.45) is 6.38. The molecule has 4 rings (SSSR count). The lowest BCUT2D eigenvalue weighted by atomic mass is 9.94. The Labute approximate surface area is 156 Å². The Hall–Kier alpha value is -2.74. The van der Waals surface area contributed by atoms with E-state index in [4.69, 9.17) is 0 Å². The van der Waals surface area contributed by atoms with Crippen molar-refractivity contribution in [2.45, 2.75) is 19.3 Å². The van der Waals surface area contributed by atoms with Crippen LogP contribution in [0.1, 0.15) is 18.7 Å². The molecule has 0 aliphatic carbocycles. The number of aromatic amines is 1. The van der Waals surface area contributed by atoms with Gasteiger partial charge in [0.2, 0.25) is 5.91 Å². The van der Waals surface area contributed by atoms with E-state index in [-0.39, 0.29) is 11.7 Å². The zero-order chi connectivity index (χ0) is 18.8. The maximum absolute atomic E-state index is 13.3. The number of rotatable bonds is 5. The molecule has 1 aliphatic rings. The molecule has 0 saturated carbocycles. The first kappa shape index (κ1) is 17.7. The van der Waals surface area contributed by atoms with E-state index in [1.54, 1.807) is 23.1 Å². The number of aryl methyl sites for hydroxylation is 1. The molecule has 27 heavy (non-hydrogen) atoms. The molecule has 1 amide bonds. The molecule has 3 aromatic rings. The molecule has 2 aromatic heterocycles. The van der Waals surface area contributed by atoms with Gasteiger partial charge < -0.3 is 10.3 Å². The van der Waals surface area contributed by atoms with E-state index < -0.39 is 0 Å². The van der Waals surface area contributed by atoms with E-state index in [2.05, 4.69) is 25.3 Å². The van der Waals surface area contributed by atoms with Crippen LogP contribution in [0.15, 0.2) is 30.6 Å². The number of piperidine rings is 1. The number of amides is 1. The first-order valence-corrected chi connectivity index (χ1v) is 9.20. The van der Waals surface area contributed by atoms with Gasteiger partial charge in [-0.05, 0) is 43.5 Å². The molecule has 1 aromatic carbocycles. The quantitative estimate of drug-likeness (QED) is 0.723.